The minimum absolute atomic E-state index is 0.0728. The maximum atomic E-state index is 13.0. The van der Waals surface area contributed by atoms with Crippen molar-refractivity contribution in [2.24, 2.45) is 0 Å². The van der Waals surface area contributed by atoms with Gasteiger partial charge in [-0.15, -0.1) is 6.42 Å². The standard InChI is InChI=1S/C20H18N2O2/c1-2-13-24-18-10-6-4-8-16(18)19-21-17-9-5-3-7-15(17)20(23)22(19)14-11-12-14/h1,3-10,14,19,21H,11-13H2/t19-/m0/s1. The van der Waals surface area contributed by atoms with Crippen molar-refractivity contribution < 1.29 is 9.53 Å². The molecule has 0 bridgehead atoms. The van der Waals surface area contributed by atoms with Crippen LogP contribution in [0.15, 0.2) is 48.5 Å². The number of terminal acetylenes is 1. The number of nitrogens with zero attached hydrogens (tertiary/aromatic N) is 1. The number of ether oxygens (including phenoxy) is 1. The number of carbonyl (C=O) groups excluding carboxylic acids is 1. The van der Waals surface area contributed by atoms with Crippen LogP contribution in [0, 0.1) is 12.3 Å². The smallest absolute Gasteiger partial charge is 0.258 e. The van der Waals surface area contributed by atoms with Crippen molar-refractivity contribution >= 4 is 11.6 Å². The Bertz CT molecular complexity index is 820. The molecular weight excluding hydrogens is 300 g/mol. The lowest BCUT2D eigenvalue weighted by Crippen LogP contribution is -2.44. The molecule has 120 valence electrons. The molecular formula is C20H18N2O2. The average Bonchev–Trinajstić information content (AvgIpc) is 3.45. The highest BCUT2D eigenvalue weighted by atomic mass is 16.5. The van der Waals surface area contributed by atoms with Gasteiger partial charge in [-0.05, 0) is 31.0 Å². The number of amides is 1. The summed E-state index contributed by atoms with van der Waals surface area (Å²) in [5.41, 5.74) is 2.52. The van der Waals surface area contributed by atoms with Gasteiger partial charge in [0.25, 0.3) is 5.91 Å². The maximum Gasteiger partial charge on any atom is 0.258 e. The van der Waals surface area contributed by atoms with Crippen molar-refractivity contribution in [1.82, 2.24) is 4.90 Å². The number of carbonyl (C=O) groups is 1. The molecule has 2 aromatic carbocycles. The predicted octanol–water partition coefficient (Wildman–Crippen LogP) is 3.43. The van der Waals surface area contributed by atoms with E-state index in [0.29, 0.717) is 5.75 Å². The second-order valence-electron chi connectivity index (χ2n) is 6.07. The molecule has 1 aliphatic carbocycles. The number of anilines is 1. The minimum Gasteiger partial charge on any atom is -0.481 e. The van der Waals surface area contributed by atoms with E-state index >= 15 is 0 Å². The minimum atomic E-state index is -0.242. The van der Waals surface area contributed by atoms with Crippen molar-refractivity contribution in [2.45, 2.75) is 25.0 Å². The molecule has 2 aliphatic rings. The Labute approximate surface area is 141 Å². The van der Waals surface area contributed by atoms with E-state index in [1.54, 1.807) is 0 Å². The monoisotopic (exact) mass is 318 g/mol. The molecule has 0 radical (unpaired) electrons. The second kappa shape index (κ2) is 5.93. The zero-order valence-corrected chi connectivity index (χ0v) is 13.2. The highest BCUT2D eigenvalue weighted by molar-refractivity contribution is 6.02. The van der Waals surface area contributed by atoms with E-state index in [-0.39, 0.29) is 24.7 Å². The van der Waals surface area contributed by atoms with Crippen LogP contribution in [-0.4, -0.2) is 23.5 Å². The first-order valence-corrected chi connectivity index (χ1v) is 8.13. The van der Waals surface area contributed by atoms with Gasteiger partial charge in [0.2, 0.25) is 0 Å². The zero-order chi connectivity index (χ0) is 16.5. The lowest BCUT2D eigenvalue weighted by Gasteiger charge is -2.38. The van der Waals surface area contributed by atoms with E-state index in [2.05, 4.69) is 11.2 Å². The lowest BCUT2D eigenvalue weighted by molar-refractivity contribution is 0.0664. The van der Waals surface area contributed by atoms with Gasteiger partial charge < -0.3 is 15.0 Å². The van der Waals surface area contributed by atoms with Gasteiger partial charge in [0.1, 0.15) is 18.5 Å². The topological polar surface area (TPSA) is 41.6 Å². The quantitative estimate of drug-likeness (QED) is 0.878. The normalized spacial score (nSPS) is 19.2. The molecule has 0 saturated heterocycles. The fourth-order valence-corrected chi connectivity index (χ4v) is 3.18. The van der Waals surface area contributed by atoms with Crippen LogP contribution in [0.4, 0.5) is 5.69 Å². The van der Waals surface area contributed by atoms with Crippen molar-refractivity contribution in [1.29, 1.82) is 0 Å². The molecule has 0 unspecified atom stereocenters. The molecule has 1 N–H and O–H groups in total. The van der Waals surface area contributed by atoms with Crippen molar-refractivity contribution in [3.05, 3.63) is 59.7 Å². The molecule has 24 heavy (non-hydrogen) atoms. The van der Waals surface area contributed by atoms with Crippen LogP contribution < -0.4 is 10.1 Å². The number of para-hydroxylation sites is 2. The molecule has 4 rings (SSSR count). The van der Waals surface area contributed by atoms with Crippen LogP contribution in [0.5, 0.6) is 5.75 Å². The molecule has 1 heterocycles. The van der Waals surface area contributed by atoms with E-state index in [1.807, 2.05) is 53.4 Å². The molecule has 0 aromatic heterocycles. The number of benzene rings is 2. The third kappa shape index (κ3) is 2.48. The van der Waals surface area contributed by atoms with Crippen molar-refractivity contribution in [2.75, 3.05) is 11.9 Å². The van der Waals surface area contributed by atoms with E-state index in [0.717, 1.165) is 29.7 Å². The Kier molecular flexibility index (Phi) is 3.62. The first kappa shape index (κ1) is 14.6. The summed E-state index contributed by atoms with van der Waals surface area (Å²) >= 11 is 0. The Balaban J connectivity index is 1.77. The van der Waals surface area contributed by atoms with Gasteiger partial charge in [-0.2, -0.15) is 0 Å². The van der Waals surface area contributed by atoms with Crippen molar-refractivity contribution in [3.8, 4) is 18.1 Å². The number of fused-ring (bicyclic) bond motifs is 1. The number of nitrogens with one attached hydrogen (secondary N) is 1. The van der Waals surface area contributed by atoms with E-state index in [1.165, 1.54) is 0 Å². The van der Waals surface area contributed by atoms with Crippen LogP contribution in [0.2, 0.25) is 0 Å². The molecule has 4 nitrogen and oxygen atoms in total. The molecule has 1 atom stereocenters. The average molecular weight is 318 g/mol. The summed E-state index contributed by atoms with van der Waals surface area (Å²) in [6, 6.07) is 15.7. The number of hydrogen-bond acceptors (Lipinski definition) is 3. The van der Waals surface area contributed by atoms with E-state index < -0.39 is 0 Å². The molecule has 1 saturated carbocycles. The maximum absolute atomic E-state index is 13.0. The summed E-state index contributed by atoms with van der Waals surface area (Å²) in [6.45, 7) is 0.206. The summed E-state index contributed by atoms with van der Waals surface area (Å²) in [5, 5.41) is 3.51. The van der Waals surface area contributed by atoms with Gasteiger partial charge in [-0.1, -0.05) is 36.3 Å². The summed E-state index contributed by atoms with van der Waals surface area (Å²) < 4.78 is 5.70. The van der Waals surface area contributed by atoms with Crippen LogP contribution in [0.25, 0.3) is 0 Å². The fourth-order valence-electron chi connectivity index (χ4n) is 3.18. The summed E-state index contributed by atoms with van der Waals surface area (Å²) in [5.74, 6) is 3.28. The second-order valence-corrected chi connectivity index (χ2v) is 6.07. The Morgan fingerprint density at radius 3 is 2.71 bits per heavy atom. The Morgan fingerprint density at radius 2 is 1.92 bits per heavy atom. The third-order valence-electron chi connectivity index (χ3n) is 4.43. The molecule has 1 fully saturated rings. The number of hydrogen-bond donors (Lipinski definition) is 1. The fraction of sp³-hybridized carbons (Fsp3) is 0.250. The van der Waals surface area contributed by atoms with Crippen molar-refractivity contribution in [3.63, 3.8) is 0 Å². The van der Waals surface area contributed by atoms with Gasteiger partial charge in [-0.3, -0.25) is 4.79 Å². The predicted molar refractivity (Wildman–Crippen MR) is 92.8 cm³/mol. The Hall–Kier alpha value is -2.93. The number of rotatable bonds is 4. The molecule has 2 aromatic rings. The SMILES string of the molecule is C#CCOc1ccccc1[C@H]1Nc2ccccc2C(=O)N1C1CC1. The summed E-state index contributed by atoms with van der Waals surface area (Å²) in [7, 11) is 0. The van der Waals surface area contributed by atoms with Gasteiger partial charge in [0.15, 0.2) is 0 Å². The van der Waals surface area contributed by atoms with E-state index in [9.17, 15) is 4.79 Å². The molecule has 1 aliphatic heterocycles. The summed E-state index contributed by atoms with van der Waals surface area (Å²) in [6.07, 6.45) is 7.16. The lowest BCUT2D eigenvalue weighted by atomic mass is 10.0. The molecule has 0 spiro atoms. The largest absolute Gasteiger partial charge is 0.481 e. The Morgan fingerprint density at radius 1 is 1.17 bits per heavy atom. The highest BCUT2D eigenvalue weighted by Gasteiger charge is 2.42. The van der Waals surface area contributed by atoms with Crippen LogP contribution >= 0.6 is 0 Å². The molecule has 4 heteroatoms. The van der Waals surface area contributed by atoms with Gasteiger partial charge in [0, 0.05) is 17.3 Å². The van der Waals surface area contributed by atoms with Crippen LogP contribution in [0.1, 0.15) is 34.9 Å². The first-order chi connectivity index (χ1) is 11.8. The van der Waals surface area contributed by atoms with Gasteiger partial charge >= 0.3 is 0 Å². The third-order valence-corrected chi connectivity index (χ3v) is 4.43. The highest BCUT2D eigenvalue weighted by Crippen LogP contribution is 2.42. The van der Waals surface area contributed by atoms with Gasteiger partial charge in [0.05, 0.1) is 5.56 Å². The van der Waals surface area contributed by atoms with Crippen LogP contribution in [-0.2, 0) is 0 Å². The summed E-state index contributed by atoms with van der Waals surface area (Å²) in [4.78, 5) is 15.0. The zero-order valence-electron chi connectivity index (χ0n) is 13.2. The first-order valence-electron chi connectivity index (χ1n) is 8.13. The van der Waals surface area contributed by atoms with E-state index in [4.69, 9.17) is 11.2 Å². The van der Waals surface area contributed by atoms with Gasteiger partial charge in [-0.25, -0.2) is 0 Å². The van der Waals surface area contributed by atoms with Crippen LogP contribution in [0.3, 0.4) is 0 Å². The molecule has 1 amide bonds.